The van der Waals surface area contributed by atoms with E-state index in [1.807, 2.05) is 11.8 Å². The Balaban J connectivity index is 1.43. The molecule has 2 unspecified atom stereocenters. The summed E-state index contributed by atoms with van der Waals surface area (Å²) in [6, 6.07) is 1.77. The largest absolute Gasteiger partial charge is 0.353 e. The first-order valence-corrected chi connectivity index (χ1v) is 8.58. The number of hydrogen-bond acceptors (Lipinski definition) is 3. The zero-order valence-electron chi connectivity index (χ0n) is 11.0. The number of fused-ring (bicyclic) bond motifs is 2. The maximum absolute atomic E-state index is 12.1. The van der Waals surface area contributed by atoms with Crippen LogP contribution in [0.4, 0.5) is 0 Å². The molecule has 4 heteroatoms. The summed E-state index contributed by atoms with van der Waals surface area (Å²) in [5.74, 6) is 3.44. The molecule has 0 radical (unpaired) electrons. The van der Waals surface area contributed by atoms with Crippen molar-refractivity contribution in [2.24, 2.45) is 5.92 Å². The maximum Gasteiger partial charge on any atom is 0.220 e. The number of rotatable bonds is 3. The van der Waals surface area contributed by atoms with Gasteiger partial charge < -0.3 is 10.6 Å². The molecule has 0 spiro atoms. The van der Waals surface area contributed by atoms with Gasteiger partial charge in [0.1, 0.15) is 0 Å². The fraction of sp³-hybridized carbons (Fsp3) is 0.929. The first-order valence-electron chi connectivity index (χ1n) is 7.43. The molecule has 3 nitrogen and oxygen atoms in total. The Morgan fingerprint density at radius 3 is 2.44 bits per heavy atom. The molecule has 0 saturated carbocycles. The van der Waals surface area contributed by atoms with Crippen molar-refractivity contribution in [3.63, 3.8) is 0 Å². The minimum atomic E-state index is 0.304. The molecule has 0 aromatic rings. The highest BCUT2D eigenvalue weighted by molar-refractivity contribution is 7.99. The summed E-state index contributed by atoms with van der Waals surface area (Å²) in [6.45, 7) is 0. The zero-order valence-corrected chi connectivity index (χ0v) is 11.8. The standard InChI is InChI=1S/C14H24N2OS/c17-14(7-10-3-5-18-6-4-10)16-13-8-11-1-2-12(9-13)15-11/h10-13,15H,1-9H2,(H,16,17). The molecular weight excluding hydrogens is 244 g/mol. The summed E-state index contributed by atoms with van der Waals surface area (Å²) in [7, 11) is 0. The number of nitrogens with one attached hydrogen (secondary N) is 2. The van der Waals surface area contributed by atoms with Gasteiger partial charge in [-0.05, 0) is 55.9 Å². The molecule has 102 valence electrons. The van der Waals surface area contributed by atoms with Crippen LogP contribution in [-0.4, -0.2) is 35.5 Å². The predicted molar refractivity (Wildman–Crippen MR) is 75.8 cm³/mol. The van der Waals surface area contributed by atoms with Gasteiger partial charge in [-0.3, -0.25) is 4.79 Å². The fourth-order valence-corrected chi connectivity index (χ4v) is 4.88. The second-order valence-electron chi connectivity index (χ2n) is 6.13. The van der Waals surface area contributed by atoms with Gasteiger partial charge in [-0.1, -0.05) is 0 Å². The van der Waals surface area contributed by atoms with Gasteiger partial charge in [0.15, 0.2) is 0 Å². The van der Waals surface area contributed by atoms with E-state index in [9.17, 15) is 4.79 Å². The smallest absolute Gasteiger partial charge is 0.220 e. The Bertz CT molecular complexity index is 292. The fourth-order valence-electron chi connectivity index (χ4n) is 3.67. The molecule has 3 rings (SSSR count). The molecule has 2 bridgehead atoms. The van der Waals surface area contributed by atoms with Crippen LogP contribution in [0.15, 0.2) is 0 Å². The van der Waals surface area contributed by atoms with Crippen molar-refractivity contribution in [1.29, 1.82) is 0 Å². The van der Waals surface area contributed by atoms with Gasteiger partial charge in [-0.15, -0.1) is 0 Å². The summed E-state index contributed by atoms with van der Waals surface area (Å²) in [6.07, 6.45) is 8.12. The van der Waals surface area contributed by atoms with Crippen molar-refractivity contribution < 1.29 is 4.79 Å². The van der Waals surface area contributed by atoms with E-state index in [4.69, 9.17) is 0 Å². The summed E-state index contributed by atoms with van der Waals surface area (Å²) in [4.78, 5) is 12.1. The van der Waals surface area contributed by atoms with Crippen molar-refractivity contribution in [3.05, 3.63) is 0 Å². The lowest BCUT2D eigenvalue weighted by atomic mass is 9.96. The maximum atomic E-state index is 12.1. The monoisotopic (exact) mass is 268 g/mol. The quantitative estimate of drug-likeness (QED) is 0.821. The molecule has 3 heterocycles. The summed E-state index contributed by atoms with van der Waals surface area (Å²) in [5.41, 5.74) is 0. The van der Waals surface area contributed by atoms with E-state index in [-0.39, 0.29) is 0 Å². The summed E-state index contributed by atoms with van der Waals surface area (Å²) >= 11 is 2.03. The van der Waals surface area contributed by atoms with Gasteiger partial charge in [0, 0.05) is 24.5 Å². The lowest BCUT2D eigenvalue weighted by Crippen LogP contribution is -2.48. The van der Waals surface area contributed by atoms with Crippen LogP contribution in [0.2, 0.25) is 0 Å². The molecule has 3 saturated heterocycles. The normalized spacial score (nSPS) is 36.6. The highest BCUT2D eigenvalue weighted by Crippen LogP contribution is 2.28. The number of carbonyl (C=O) groups is 1. The van der Waals surface area contributed by atoms with Gasteiger partial charge >= 0.3 is 0 Å². The van der Waals surface area contributed by atoms with E-state index < -0.39 is 0 Å². The van der Waals surface area contributed by atoms with Gasteiger partial charge in [0.25, 0.3) is 0 Å². The van der Waals surface area contributed by atoms with Crippen molar-refractivity contribution in [1.82, 2.24) is 10.6 Å². The van der Waals surface area contributed by atoms with Crippen LogP contribution >= 0.6 is 11.8 Å². The van der Waals surface area contributed by atoms with Crippen LogP contribution in [0.1, 0.15) is 44.9 Å². The molecule has 1 amide bonds. The van der Waals surface area contributed by atoms with E-state index in [0.29, 0.717) is 30.0 Å². The molecule has 2 N–H and O–H groups in total. The average molecular weight is 268 g/mol. The van der Waals surface area contributed by atoms with Crippen molar-refractivity contribution >= 4 is 17.7 Å². The van der Waals surface area contributed by atoms with E-state index in [1.54, 1.807) is 0 Å². The molecule has 3 aliphatic rings. The number of hydrogen-bond donors (Lipinski definition) is 2. The third-order valence-corrected chi connectivity index (χ3v) is 5.70. The first-order chi connectivity index (χ1) is 8.79. The lowest BCUT2D eigenvalue weighted by Gasteiger charge is -2.30. The van der Waals surface area contributed by atoms with E-state index in [0.717, 1.165) is 19.3 Å². The number of piperidine rings is 1. The van der Waals surface area contributed by atoms with Gasteiger partial charge in [-0.25, -0.2) is 0 Å². The van der Waals surface area contributed by atoms with Crippen LogP contribution in [-0.2, 0) is 4.79 Å². The van der Waals surface area contributed by atoms with Crippen molar-refractivity contribution in [2.45, 2.75) is 63.1 Å². The molecule has 0 aromatic heterocycles. The van der Waals surface area contributed by atoms with E-state index in [1.165, 1.54) is 37.2 Å². The third-order valence-electron chi connectivity index (χ3n) is 4.65. The van der Waals surface area contributed by atoms with Crippen LogP contribution < -0.4 is 10.6 Å². The van der Waals surface area contributed by atoms with E-state index >= 15 is 0 Å². The third kappa shape index (κ3) is 3.21. The Kier molecular flexibility index (Phi) is 4.14. The molecular formula is C14H24N2OS. The molecule has 3 aliphatic heterocycles. The average Bonchev–Trinajstić information content (AvgIpc) is 2.70. The number of amides is 1. The van der Waals surface area contributed by atoms with Crippen LogP contribution in [0.3, 0.4) is 0 Å². The highest BCUT2D eigenvalue weighted by Gasteiger charge is 2.34. The Hall–Kier alpha value is -0.220. The summed E-state index contributed by atoms with van der Waals surface area (Å²) in [5, 5.41) is 6.90. The van der Waals surface area contributed by atoms with Gasteiger partial charge in [-0.2, -0.15) is 11.8 Å². The number of carbonyl (C=O) groups excluding carboxylic acids is 1. The minimum Gasteiger partial charge on any atom is -0.353 e. The Morgan fingerprint density at radius 1 is 1.11 bits per heavy atom. The zero-order chi connectivity index (χ0) is 12.4. The van der Waals surface area contributed by atoms with Gasteiger partial charge in [0.05, 0.1) is 0 Å². The molecule has 0 aliphatic carbocycles. The van der Waals surface area contributed by atoms with E-state index in [2.05, 4.69) is 10.6 Å². The second kappa shape index (κ2) is 5.83. The van der Waals surface area contributed by atoms with Crippen molar-refractivity contribution in [2.75, 3.05) is 11.5 Å². The molecule has 2 atom stereocenters. The minimum absolute atomic E-state index is 0.304. The Labute approximate surface area is 114 Å². The SMILES string of the molecule is O=C(CC1CCSCC1)NC1CC2CCC(C1)N2. The lowest BCUT2D eigenvalue weighted by molar-refractivity contribution is -0.123. The summed E-state index contributed by atoms with van der Waals surface area (Å²) < 4.78 is 0. The van der Waals surface area contributed by atoms with Crippen LogP contribution in [0, 0.1) is 5.92 Å². The van der Waals surface area contributed by atoms with Crippen molar-refractivity contribution in [3.8, 4) is 0 Å². The molecule has 3 fully saturated rings. The van der Waals surface area contributed by atoms with Gasteiger partial charge in [0.2, 0.25) is 5.91 Å². The second-order valence-corrected chi connectivity index (χ2v) is 7.36. The Morgan fingerprint density at radius 2 is 1.78 bits per heavy atom. The molecule has 18 heavy (non-hydrogen) atoms. The highest BCUT2D eigenvalue weighted by atomic mass is 32.2. The van der Waals surface area contributed by atoms with Crippen LogP contribution in [0.25, 0.3) is 0 Å². The first kappa shape index (κ1) is 12.8. The predicted octanol–water partition coefficient (Wildman–Crippen LogP) is 1.92. The molecule has 0 aromatic carbocycles. The number of thioether (sulfide) groups is 1. The van der Waals surface area contributed by atoms with Crippen LogP contribution in [0.5, 0.6) is 0 Å². The topological polar surface area (TPSA) is 41.1 Å².